The summed E-state index contributed by atoms with van der Waals surface area (Å²) in [6.45, 7) is -0.192. The van der Waals surface area contributed by atoms with Crippen LogP contribution in [0.5, 0.6) is 0 Å². The van der Waals surface area contributed by atoms with Crippen molar-refractivity contribution in [3.8, 4) is 0 Å². The predicted octanol–water partition coefficient (Wildman–Crippen LogP) is 1.70. The number of carboxylic acids is 1. The number of carboxylic acid groups (broad SMARTS) is 1. The van der Waals surface area contributed by atoms with Gasteiger partial charge in [-0.25, -0.2) is 9.78 Å². The highest BCUT2D eigenvalue weighted by Crippen LogP contribution is 2.32. The Morgan fingerprint density at radius 1 is 1.37 bits per heavy atom. The molecule has 2 amide bonds. The van der Waals surface area contributed by atoms with Crippen LogP contribution in [-0.2, 0) is 11.0 Å². The Labute approximate surface area is 105 Å². The molecule has 0 fully saturated rings. The molecule has 1 aromatic rings. The van der Waals surface area contributed by atoms with E-state index in [0.29, 0.717) is 0 Å². The third-order valence-electron chi connectivity index (χ3n) is 1.95. The molecule has 9 heteroatoms. The SMILES string of the molecule is O=C(O)CCNC(=O)Nc1cccnc1C(F)(F)F. The Morgan fingerprint density at radius 2 is 2.05 bits per heavy atom. The van der Waals surface area contributed by atoms with Crippen molar-refractivity contribution in [2.24, 2.45) is 0 Å². The summed E-state index contributed by atoms with van der Waals surface area (Å²) in [5, 5.41) is 12.4. The summed E-state index contributed by atoms with van der Waals surface area (Å²) in [7, 11) is 0. The number of anilines is 1. The first kappa shape index (κ1) is 14.7. The molecule has 1 aromatic heterocycles. The summed E-state index contributed by atoms with van der Waals surface area (Å²) in [4.78, 5) is 24.6. The summed E-state index contributed by atoms with van der Waals surface area (Å²) in [5.74, 6) is -1.13. The van der Waals surface area contributed by atoms with E-state index in [-0.39, 0.29) is 13.0 Å². The number of aliphatic carboxylic acids is 1. The smallest absolute Gasteiger partial charge is 0.435 e. The minimum absolute atomic E-state index is 0.192. The molecule has 1 heterocycles. The summed E-state index contributed by atoms with van der Waals surface area (Å²) in [6.07, 6.45) is -4.06. The van der Waals surface area contributed by atoms with Crippen molar-refractivity contribution in [2.45, 2.75) is 12.6 Å². The maximum Gasteiger partial charge on any atom is 0.435 e. The lowest BCUT2D eigenvalue weighted by Gasteiger charge is -2.12. The fourth-order valence-electron chi connectivity index (χ4n) is 1.18. The lowest BCUT2D eigenvalue weighted by atomic mass is 10.3. The van der Waals surface area contributed by atoms with E-state index in [4.69, 9.17) is 5.11 Å². The zero-order chi connectivity index (χ0) is 14.5. The maximum absolute atomic E-state index is 12.5. The van der Waals surface area contributed by atoms with Gasteiger partial charge in [-0.1, -0.05) is 0 Å². The quantitative estimate of drug-likeness (QED) is 0.781. The molecule has 0 spiro atoms. The minimum Gasteiger partial charge on any atom is -0.481 e. The first-order valence-corrected chi connectivity index (χ1v) is 5.09. The van der Waals surface area contributed by atoms with Gasteiger partial charge in [0, 0.05) is 12.7 Å². The molecule has 19 heavy (non-hydrogen) atoms. The number of aromatic nitrogens is 1. The van der Waals surface area contributed by atoms with E-state index >= 15 is 0 Å². The molecule has 0 aliphatic rings. The predicted molar refractivity (Wildman–Crippen MR) is 58.5 cm³/mol. The molecule has 3 N–H and O–H groups in total. The van der Waals surface area contributed by atoms with E-state index in [1.54, 1.807) is 0 Å². The van der Waals surface area contributed by atoms with E-state index in [1.165, 1.54) is 6.07 Å². The average Bonchev–Trinajstić information content (AvgIpc) is 2.27. The highest BCUT2D eigenvalue weighted by molar-refractivity contribution is 5.90. The van der Waals surface area contributed by atoms with Gasteiger partial charge in [-0.2, -0.15) is 13.2 Å². The first-order chi connectivity index (χ1) is 8.80. The number of pyridine rings is 1. The zero-order valence-corrected chi connectivity index (χ0v) is 9.49. The molecule has 0 bridgehead atoms. The number of rotatable bonds is 4. The molecule has 0 atom stereocenters. The molecular weight excluding hydrogens is 267 g/mol. The maximum atomic E-state index is 12.5. The van der Waals surface area contributed by atoms with Crippen molar-refractivity contribution >= 4 is 17.7 Å². The number of alkyl halides is 3. The van der Waals surface area contributed by atoms with E-state index in [9.17, 15) is 22.8 Å². The molecule has 0 radical (unpaired) electrons. The number of halogens is 3. The third-order valence-corrected chi connectivity index (χ3v) is 1.95. The fourth-order valence-corrected chi connectivity index (χ4v) is 1.18. The van der Waals surface area contributed by atoms with Gasteiger partial charge in [-0.15, -0.1) is 0 Å². The number of hydrogen-bond acceptors (Lipinski definition) is 3. The minimum atomic E-state index is -4.69. The molecule has 0 aromatic carbocycles. The summed E-state index contributed by atoms with van der Waals surface area (Å²) in [6, 6.07) is 1.36. The third kappa shape index (κ3) is 4.82. The second-order valence-corrected chi connectivity index (χ2v) is 3.42. The average molecular weight is 277 g/mol. The molecule has 0 aliphatic carbocycles. The van der Waals surface area contributed by atoms with Crippen molar-refractivity contribution in [2.75, 3.05) is 11.9 Å². The van der Waals surface area contributed by atoms with Crippen LogP contribution in [0.2, 0.25) is 0 Å². The van der Waals surface area contributed by atoms with Gasteiger partial charge in [0.15, 0.2) is 5.69 Å². The number of amides is 2. The van der Waals surface area contributed by atoms with Gasteiger partial charge in [0.05, 0.1) is 12.1 Å². The van der Waals surface area contributed by atoms with Gasteiger partial charge >= 0.3 is 18.2 Å². The monoisotopic (exact) mass is 277 g/mol. The van der Waals surface area contributed by atoms with E-state index in [2.05, 4.69) is 10.3 Å². The number of nitrogens with one attached hydrogen (secondary N) is 2. The molecular formula is C10H10F3N3O3. The van der Waals surface area contributed by atoms with Crippen molar-refractivity contribution < 1.29 is 27.9 Å². The largest absolute Gasteiger partial charge is 0.481 e. The topological polar surface area (TPSA) is 91.3 Å². The highest BCUT2D eigenvalue weighted by atomic mass is 19.4. The lowest BCUT2D eigenvalue weighted by molar-refractivity contribution is -0.140. The number of carbonyl (C=O) groups excluding carboxylic acids is 1. The van der Waals surface area contributed by atoms with Crippen LogP contribution >= 0.6 is 0 Å². The van der Waals surface area contributed by atoms with Crippen LogP contribution < -0.4 is 10.6 Å². The number of hydrogen-bond donors (Lipinski definition) is 3. The van der Waals surface area contributed by atoms with Crippen LogP contribution in [0.3, 0.4) is 0 Å². The molecule has 0 saturated carbocycles. The molecule has 6 nitrogen and oxygen atoms in total. The van der Waals surface area contributed by atoms with E-state index in [1.807, 2.05) is 5.32 Å². The van der Waals surface area contributed by atoms with Crippen LogP contribution in [0.4, 0.5) is 23.7 Å². The van der Waals surface area contributed by atoms with Gasteiger partial charge in [0.1, 0.15) is 0 Å². The van der Waals surface area contributed by atoms with Crippen molar-refractivity contribution in [3.63, 3.8) is 0 Å². The molecule has 0 aliphatic heterocycles. The zero-order valence-electron chi connectivity index (χ0n) is 9.49. The number of nitrogens with zero attached hydrogens (tertiary/aromatic N) is 1. The second kappa shape index (κ2) is 6.03. The van der Waals surface area contributed by atoms with Crippen molar-refractivity contribution in [1.82, 2.24) is 10.3 Å². The van der Waals surface area contributed by atoms with Crippen LogP contribution in [0.1, 0.15) is 12.1 Å². The Balaban J connectivity index is 2.67. The normalized spacial score (nSPS) is 10.9. The van der Waals surface area contributed by atoms with E-state index < -0.39 is 29.6 Å². The van der Waals surface area contributed by atoms with Crippen LogP contribution in [0, 0.1) is 0 Å². The highest BCUT2D eigenvalue weighted by Gasteiger charge is 2.35. The lowest BCUT2D eigenvalue weighted by Crippen LogP contribution is -2.31. The molecule has 1 rings (SSSR count). The Bertz CT molecular complexity index is 477. The van der Waals surface area contributed by atoms with Gasteiger partial charge in [0.25, 0.3) is 0 Å². The van der Waals surface area contributed by atoms with Gasteiger partial charge in [0.2, 0.25) is 0 Å². The Kier molecular flexibility index (Phi) is 4.67. The summed E-state index contributed by atoms with van der Waals surface area (Å²) >= 11 is 0. The summed E-state index contributed by atoms with van der Waals surface area (Å²) in [5.41, 5.74) is -1.72. The Hall–Kier alpha value is -2.32. The van der Waals surface area contributed by atoms with Crippen LogP contribution in [0.25, 0.3) is 0 Å². The van der Waals surface area contributed by atoms with Crippen molar-refractivity contribution in [3.05, 3.63) is 24.0 Å². The summed E-state index contributed by atoms with van der Waals surface area (Å²) < 4.78 is 37.6. The van der Waals surface area contributed by atoms with Gasteiger partial charge in [-0.3, -0.25) is 4.79 Å². The molecule has 0 unspecified atom stereocenters. The second-order valence-electron chi connectivity index (χ2n) is 3.42. The van der Waals surface area contributed by atoms with Gasteiger partial charge in [-0.05, 0) is 12.1 Å². The van der Waals surface area contributed by atoms with Crippen LogP contribution in [0.15, 0.2) is 18.3 Å². The van der Waals surface area contributed by atoms with Crippen molar-refractivity contribution in [1.29, 1.82) is 0 Å². The number of carbonyl (C=O) groups is 2. The number of urea groups is 1. The molecule has 0 saturated heterocycles. The Morgan fingerprint density at radius 3 is 2.63 bits per heavy atom. The van der Waals surface area contributed by atoms with Gasteiger partial charge < -0.3 is 15.7 Å². The fraction of sp³-hybridized carbons (Fsp3) is 0.300. The van der Waals surface area contributed by atoms with E-state index in [0.717, 1.165) is 12.3 Å². The first-order valence-electron chi connectivity index (χ1n) is 5.09. The molecule has 104 valence electrons. The standard InChI is InChI=1S/C10H10F3N3O3/c11-10(12,13)8-6(2-1-4-14-8)16-9(19)15-5-3-7(17)18/h1-2,4H,3,5H2,(H,17,18)(H2,15,16,19). The van der Waals surface area contributed by atoms with Crippen LogP contribution in [-0.4, -0.2) is 28.6 Å².